The molecule has 0 bridgehead atoms. The molecule has 0 aromatic heterocycles. The number of alkyl halides is 3. The molecule has 2 atom stereocenters. The molecule has 1 saturated carbocycles. The lowest BCUT2D eigenvalue weighted by molar-refractivity contribution is -0.159. The number of nitrogens with one attached hydrogen (secondary N) is 2. The number of methoxy groups -OCH3 is 1. The number of halogens is 4. The molecule has 4 aromatic carbocycles. The maximum absolute atomic E-state index is 15.5. The van der Waals surface area contributed by atoms with Gasteiger partial charge in [0.1, 0.15) is 18.0 Å². The summed E-state index contributed by atoms with van der Waals surface area (Å²) in [6.45, 7) is 6.59. The van der Waals surface area contributed by atoms with Crippen molar-refractivity contribution in [2.45, 2.75) is 94.6 Å². The smallest absolute Gasteiger partial charge is 0.496 e. The zero-order valence-electron chi connectivity index (χ0n) is 35.3. The van der Waals surface area contributed by atoms with Crippen LogP contribution in [0.4, 0.5) is 28.0 Å². The van der Waals surface area contributed by atoms with Crippen molar-refractivity contribution in [3.05, 3.63) is 95.8 Å². The molecule has 18 heteroatoms. The first kappa shape index (κ1) is 46.6. The van der Waals surface area contributed by atoms with Crippen LogP contribution in [0, 0.1) is 17.2 Å². The lowest BCUT2D eigenvalue weighted by Gasteiger charge is -2.38. The molecule has 1 aliphatic heterocycles. The van der Waals surface area contributed by atoms with Gasteiger partial charge in [0.05, 0.1) is 35.0 Å². The van der Waals surface area contributed by atoms with Crippen molar-refractivity contribution in [2.75, 3.05) is 25.5 Å². The maximum atomic E-state index is 15.5. The fourth-order valence-electron chi connectivity index (χ4n) is 7.68. The van der Waals surface area contributed by atoms with E-state index >= 15 is 4.39 Å². The van der Waals surface area contributed by atoms with Gasteiger partial charge in [-0.25, -0.2) is 17.6 Å². The van der Waals surface area contributed by atoms with E-state index in [1.165, 1.54) is 24.1 Å². The van der Waals surface area contributed by atoms with Gasteiger partial charge in [-0.05, 0) is 100 Å². The summed E-state index contributed by atoms with van der Waals surface area (Å²) in [5.74, 6) is -4.47. The van der Waals surface area contributed by atoms with Crippen molar-refractivity contribution in [1.82, 2.24) is 10.2 Å². The van der Waals surface area contributed by atoms with Crippen LogP contribution in [0.1, 0.15) is 75.7 Å². The van der Waals surface area contributed by atoms with Gasteiger partial charge in [-0.15, -0.1) is 0 Å². The third-order valence-electron chi connectivity index (χ3n) is 11.2. The Morgan fingerprint density at radius 2 is 1.57 bits per heavy atom. The van der Waals surface area contributed by atoms with Crippen LogP contribution in [-0.4, -0.2) is 80.6 Å². The Kier molecular flexibility index (Phi) is 13.6. The normalized spacial score (nSPS) is 20.7. The molecule has 1 aliphatic carbocycles. The van der Waals surface area contributed by atoms with Crippen LogP contribution in [0.2, 0.25) is 0 Å². The highest BCUT2D eigenvalue weighted by Gasteiger charge is 2.47. The Labute approximate surface area is 362 Å². The van der Waals surface area contributed by atoms with Gasteiger partial charge in [-0.2, -0.15) is 13.2 Å². The van der Waals surface area contributed by atoms with Crippen LogP contribution in [0.3, 0.4) is 0 Å². The molecular formula is C45H49F4N3O10S. The highest BCUT2D eigenvalue weighted by molar-refractivity contribution is 7.92. The Hall–Kier alpha value is -5.91. The van der Waals surface area contributed by atoms with Gasteiger partial charge in [0.25, 0.3) is 15.7 Å². The molecule has 2 fully saturated rings. The van der Waals surface area contributed by atoms with Crippen LogP contribution in [0.25, 0.3) is 10.8 Å². The monoisotopic (exact) mass is 899 g/mol. The number of ether oxygens (including phenoxy) is 4. The van der Waals surface area contributed by atoms with Gasteiger partial charge in [0, 0.05) is 30.9 Å². The van der Waals surface area contributed by atoms with E-state index in [4.69, 9.17) is 18.9 Å². The van der Waals surface area contributed by atoms with Gasteiger partial charge >= 0.3 is 17.6 Å². The van der Waals surface area contributed by atoms with Crippen molar-refractivity contribution >= 4 is 50.2 Å². The van der Waals surface area contributed by atoms with Gasteiger partial charge < -0.3 is 34.5 Å². The van der Waals surface area contributed by atoms with E-state index in [1.807, 2.05) is 49.4 Å². The number of piperidine rings is 1. The molecule has 1 saturated heterocycles. The average molecular weight is 900 g/mol. The van der Waals surface area contributed by atoms with E-state index in [1.54, 1.807) is 20.8 Å². The summed E-state index contributed by atoms with van der Waals surface area (Å²) in [4.78, 5) is 54.4. The second-order valence-corrected chi connectivity index (χ2v) is 18.9. The molecule has 0 radical (unpaired) electrons. The summed E-state index contributed by atoms with van der Waals surface area (Å²) >= 11 is 0. The van der Waals surface area contributed by atoms with Crippen molar-refractivity contribution in [3.63, 3.8) is 0 Å². The van der Waals surface area contributed by atoms with Gasteiger partial charge in [0.15, 0.2) is 11.6 Å². The Morgan fingerprint density at radius 3 is 2.25 bits per heavy atom. The first-order chi connectivity index (χ1) is 29.6. The van der Waals surface area contributed by atoms with Crippen LogP contribution < -0.4 is 20.1 Å². The van der Waals surface area contributed by atoms with E-state index in [9.17, 15) is 40.8 Å². The summed E-state index contributed by atoms with van der Waals surface area (Å²) in [6.07, 6.45) is 0.277. The van der Waals surface area contributed by atoms with Gasteiger partial charge in [-0.1, -0.05) is 48.5 Å². The fourth-order valence-corrected chi connectivity index (χ4v) is 8.48. The number of hydrogen-bond acceptors (Lipinski definition) is 10. The highest BCUT2D eigenvalue weighted by Crippen LogP contribution is 2.40. The summed E-state index contributed by atoms with van der Waals surface area (Å²) in [6, 6.07) is 18.4. The number of rotatable bonds is 11. The molecule has 13 nitrogen and oxygen atoms in total. The van der Waals surface area contributed by atoms with Crippen LogP contribution in [0.5, 0.6) is 11.5 Å². The van der Waals surface area contributed by atoms with E-state index in [0.717, 1.165) is 34.5 Å². The molecule has 2 N–H and O–H groups in total. The van der Waals surface area contributed by atoms with E-state index in [-0.39, 0.29) is 54.8 Å². The van der Waals surface area contributed by atoms with Crippen molar-refractivity contribution in [2.24, 2.45) is 11.3 Å². The minimum absolute atomic E-state index is 0.00362. The summed E-state index contributed by atoms with van der Waals surface area (Å²) in [5.41, 5.74) is -6.85. The molecule has 2 aliphatic rings. The number of carbonyl (C=O) groups excluding carboxylic acids is 4. The number of sulfone groups is 1. The third kappa shape index (κ3) is 10.8. The molecule has 6 rings (SSSR count). The number of fused-ring (bicyclic) bond motifs is 1. The minimum Gasteiger partial charge on any atom is -0.496 e. The first-order valence-electron chi connectivity index (χ1n) is 20.3. The number of benzene rings is 4. The fraction of sp³-hybridized carbons (Fsp3) is 0.422. The van der Waals surface area contributed by atoms with Gasteiger partial charge in [0.2, 0.25) is 5.91 Å². The highest BCUT2D eigenvalue weighted by atomic mass is 32.2. The number of hydrogen-bond donors (Lipinski definition) is 2. The standard InChI is InChI=1S/C45H49F4N3O10S/c1-43(2,3)62-42(56)52-21-18-36(34(25-52)40(54)50-29-13-9-14-31(22-29)63(57,58)45(47,48)49)51-39(53)33-23-38(35(46)24-37(33)59-5)61-30-16-19-44(4,20-17-30)41(55)60-26-28-12-8-11-27-10-6-7-15-32(27)28/h6-15,22-24,30,34,36H,16-21,25-26H2,1-5H3,(H,50,54)(H,51,53)/t30-,34-,36+,44+/m0/s1. The number of amides is 3. The summed E-state index contributed by atoms with van der Waals surface area (Å²) < 4.78 is 102. The summed E-state index contributed by atoms with van der Waals surface area (Å²) in [7, 11) is -4.52. The molecule has 63 heavy (non-hydrogen) atoms. The number of likely N-dealkylation sites (tertiary alicyclic amines) is 1. The van der Waals surface area contributed by atoms with E-state index in [0.29, 0.717) is 31.7 Å². The van der Waals surface area contributed by atoms with Crippen molar-refractivity contribution < 1.29 is 64.1 Å². The van der Waals surface area contributed by atoms with Crippen molar-refractivity contribution in [1.29, 1.82) is 0 Å². The Bertz CT molecular complexity index is 2480. The quantitative estimate of drug-likeness (QED) is 0.110. The second-order valence-electron chi connectivity index (χ2n) is 16.9. The second kappa shape index (κ2) is 18.4. The van der Waals surface area contributed by atoms with Crippen LogP contribution >= 0.6 is 0 Å². The molecule has 0 spiro atoms. The lowest BCUT2D eigenvalue weighted by atomic mass is 9.74. The van der Waals surface area contributed by atoms with E-state index < -0.39 is 73.0 Å². The maximum Gasteiger partial charge on any atom is 0.501 e. The zero-order valence-corrected chi connectivity index (χ0v) is 36.2. The Morgan fingerprint density at radius 1 is 0.889 bits per heavy atom. The number of carbonyl (C=O) groups is 4. The number of anilines is 1. The van der Waals surface area contributed by atoms with Crippen LogP contribution in [-0.2, 0) is 35.5 Å². The summed E-state index contributed by atoms with van der Waals surface area (Å²) in [5, 5.41) is 7.21. The zero-order chi connectivity index (χ0) is 45.9. The predicted octanol–water partition coefficient (Wildman–Crippen LogP) is 8.35. The Balaban J connectivity index is 1.15. The average Bonchev–Trinajstić information content (AvgIpc) is 3.23. The first-order valence-corrected chi connectivity index (χ1v) is 21.8. The molecule has 338 valence electrons. The molecule has 1 heterocycles. The van der Waals surface area contributed by atoms with Gasteiger partial charge in [-0.3, -0.25) is 14.4 Å². The van der Waals surface area contributed by atoms with Crippen molar-refractivity contribution in [3.8, 4) is 11.5 Å². The largest absolute Gasteiger partial charge is 0.501 e. The minimum atomic E-state index is -5.75. The predicted molar refractivity (Wildman–Crippen MR) is 223 cm³/mol. The third-order valence-corrected chi connectivity index (χ3v) is 12.7. The lowest BCUT2D eigenvalue weighted by Crippen LogP contribution is -2.56. The molecule has 0 unspecified atom stereocenters. The molecular weight excluding hydrogens is 851 g/mol. The topological polar surface area (TPSA) is 167 Å². The van der Waals surface area contributed by atoms with E-state index in [2.05, 4.69) is 10.6 Å². The molecule has 4 aromatic rings. The molecule has 3 amide bonds. The van der Waals surface area contributed by atoms with Crippen LogP contribution in [0.15, 0.2) is 83.8 Å². The SMILES string of the molecule is COc1cc(F)c(O[C@H]2CC[C@@](C)(C(=O)OCc3cccc4ccccc34)CC2)cc1C(=O)N[C@@H]1CCN(C(=O)OC(C)(C)C)C[C@@H]1C(=O)Nc1cccc(S(=O)(=O)C(F)(F)F)c1. The number of nitrogens with zero attached hydrogens (tertiary/aromatic N) is 1. The number of esters is 1.